The highest BCUT2D eigenvalue weighted by Crippen LogP contribution is 2.17. The first-order valence-electron chi connectivity index (χ1n) is 6.90. The number of furan rings is 1. The van der Waals surface area contributed by atoms with Crippen molar-refractivity contribution < 1.29 is 9.21 Å². The topological polar surface area (TPSA) is 67.2 Å². The summed E-state index contributed by atoms with van der Waals surface area (Å²) >= 11 is 0. The van der Waals surface area contributed by atoms with E-state index in [4.69, 9.17) is 4.42 Å². The Morgan fingerprint density at radius 1 is 1.09 bits per heavy atom. The van der Waals surface area contributed by atoms with Crippen molar-refractivity contribution in [3.63, 3.8) is 0 Å². The van der Waals surface area contributed by atoms with E-state index in [9.17, 15) is 4.79 Å². The van der Waals surface area contributed by atoms with Gasteiger partial charge in [-0.25, -0.2) is 4.79 Å². The quantitative estimate of drug-likeness (QED) is 0.771. The van der Waals surface area contributed by atoms with E-state index in [1.807, 2.05) is 54.6 Å². The van der Waals surface area contributed by atoms with E-state index in [0.29, 0.717) is 12.3 Å². The molecule has 2 N–H and O–H groups in total. The third kappa shape index (κ3) is 3.52. The van der Waals surface area contributed by atoms with Crippen LogP contribution in [0.15, 0.2) is 71.5 Å². The van der Waals surface area contributed by atoms with Gasteiger partial charge in [0.05, 0.1) is 6.26 Å². The number of pyridine rings is 1. The molecule has 0 atom stereocenters. The lowest BCUT2D eigenvalue weighted by Gasteiger charge is -2.08. The lowest BCUT2D eigenvalue weighted by Crippen LogP contribution is -2.28. The number of hydrogen-bond acceptors (Lipinski definition) is 3. The number of rotatable bonds is 4. The molecule has 0 fully saturated rings. The number of aromatic nitrogens is 1. The van der Waals surface area contributed by atoms with Gasteiger partial charge in [-0.15, -0.1) is 0 Å². The van der Waals surface area contributed by atoms with Crippen LogP contribution in [0.2, 0.25) is 0 Å². The van der Waals surface area contributed by atoms with Crippen LogP contribution >= 0.6 is 0 Å². The van der Waals surface area contributed by atoms with Gasteiger partial charge in [0.25, 0.3) is 0 Å². The first kappa shape index (κ1) is 13.9. The maximum atomic E-state index is 11.8. The van der Waals surface area contributed by atoms with Crippen molar-refractivity contribution in [2.75, 3.05) is 5.32 Å². The Hall–Kier alpha value is -3.08. The zero-order valence-corrected chi connectivity index (χ0v) is 11.8. The summed E-state index contributed by atoms with van der Waals surface area (Å²) in [5.74, 6) is 0.704. The highest BCUT2D eigenvalue weighted by Gasteiger charge is 2.05. The molecular weight excluding hydrogens is 278 g/mol. The van der Waals surface area contributed by atoms with Crippen LogP contribution < -0.4 is 10.6 Å². The van der Waals surface area contributed by atoms with Crippen molar-refractivity contribution >= 4 is 11.7 Å². The standard InChI is InChI=1S/C17H15N3O2/c21-17(20-14-5-2-1-3-6-14)19-12-13-8-9-18-15(11-13)16-7-4-10-22-16/h1-11H,12H2,(H2,19,20,21). The lowest BCUT2D eigenvalue weighted by atomic mass is 10.2. The fourth-order valence-corrected chi connectivity index (χ4v) is 2.02. The second-order valence-corrected chi connectivity index (χ2v) is 4.70. The second kappa shape index (κ2) is 6.58. The molecule has 0 aliphatic heterocycles. The average molecular weight is 293 g/mol. The number of benzene rings is 1. The molecule has 0 bridgehead atoms. The summed E-state index contributed by atoms with van der Waals surface area (Å²) in [6.07, 6.45) is 3.30. The first-order valence-corrected chi connectivity index (χ1v) is 6.90. The van der Waals surface area contributed by atoms with Crippen molar-refractivity contribution in [2.24, 2.45) is 0 Å². The van der Waals surface area contributed by atoms with Gasteiger partial charge >= 0.3 is 6.03 Å². The summed E-state index contributed by atoms with van der Waals surface area (Å²) in [6, 6.07) is 16.5. The van der Waals surface area contributed by atoms with Crippen molar-refractivity contribution in [2.45, 2.75) is 6.54 Å². The predicted octanol–water partition coefficient (Wildman–Crippen LogP) is 3.66. The monoisotopic (exact) mass is 293 g/mol. The number of carbonyl (C=O) groups excluding carboxylic acids is 1. The molecule has 2 amide bonds. The van der Waals surface area contributed by atoms with Crippen LogP contribution in [0.1, 0.15) is 5.56 Å². The number of para-hydroxylation sites is 1. The Balaban J connectivity index is 1.60. The Morgan fingerprint density at radius 3 is 2.73 bits per heavy atom. The Bertz CT molecular complexity index is 740. The van der Waals surface area contributed by atoms with Gasteiger partial charge in [0.15, 0.2) is 5.76 Å². The Labute approximate surface area is 128 Å². The molecule has 2 aromatic heterocycles. The molecule has 0 spiro atoms. The second-order valence-electron chi connectivity index (χ2n) is 4.70. The number of amides is 2. The van der Waals surface area contributed by atoms with E-state index in [1.54, 1.807) is 12.5 Å². The molecule has 5 nitrogen and oxygen atoms in total. The molecule has 5 heteroatoms. The van der Waals surface area contributed by atoms with E-state index in [0.717, 1.165) is 16.9 Å². The molecule has 0 radical (unpaired) electrons. The third-order valence-corrected chi connectivity index (χ3v) is 3.08. The minimum Gasteiger partial charge on any atom is -0.463 e. The predicted molar refractivity (Wildman–Crippen MR) is 84.2 cm³/mol. The largest absolute Gasteiger partial charge is 0.463 e. The van der Waals surface area contributed by atoms with Gasteiger partial charge in [0.1, 0.15) is 5.69 Å². The molecule has 22 heavy (non-hydrogen) atoms. The maximum absolute atomic E-state index is 11.8. The zero-order valence-electron chi connectivity index (χ0n) is 11.8. The Kier molecular flexibility index (Phi) is 4.15. The number of carbonyl (C=O) groups is 1. The lowest BCUT2D eigenvalue weighted by molar-refractivity contribution is 0.251. The maximum Gasteiger partial charge on any atom is 0.319 e. The molecule has 0 aliphatic carbocycles. The van der Waals surface area contributed by atoms with Gasteiger partial charge < -0.3 is 15.1 Å². The number of urea groups is 1. The van der Waals surface area contributed by atoms with Crippen molar-refractivity contribution in [1.82, 2.24) is 10.3 Å². The SMILES string of the molecule is O=C(NCc1ccnc(-c2ccco2)c1)Nc1ccccc1. The summed E-state index contributed by atoms with van der Waals surface area (Å²) in [7, 11) is 0. The minimum atomic E-state index is -0.248. The van der Waals surface area contributed by atoms with Gasteiger partial charge in [0.2, 0.25) is 0 Å². The average Bonchev–Trinajstić information content (AvgIpc) is 3.09. The fraction of sp³-hybridized carbons (Fsp3) is 0.0588. The van der Waals surface area contributed by atoms with Gasteiger partial charge in [-0.05, 0) is 42.0 Å². The number of hydrogen-bond donors (Lipinski definition) is 2. The van der Waals surface area contributed by atoms with Gasteiger partial charge in [-0.3, -0.25) is 4.98 Å². The summed E-state index contributed by atoms with van der Waals surface area (Å²) in [5.41, 5.74) is 2.45. The summed E-state index contributed by atoms with van der Waals surface area (Å²) in [6.45, 7) is 0.412. The molecule has 0 saturated carbocycles. The van der Waals surface area contributed by atoms with Crippen LogP contribution in [0.5, 0.6) is 0 Å². The van der Waals surface area contributed by atoms with E-state index in [1.165, 1.54) is 0 Å². The van der Waals surface area contributed by atoms with Crippen molar-refractivity contribution in [1.29, 1.82) is 0 Å². The van der Waals surface area contributed by atoms with E-state index >= 15 is 0 Å². The molecule has 110 valence electrons. The molecule has 3 rings (SSSR count). The van der Waals surface area contributed by atoms with Gasteiger partial charge in [0, 0.05) is 18.4 Å². The van der Waals surface area contributed by atoms with Crippen LogP contribution in [-0.2, 0) is 6.54 Å². The van der Waals surface area contributed by atoms with Crippen LogP contribution in [0.3, 0.4) is 0 Å². The molecule has 2 heterocycles. The molecule has 0 unspecified atom stereocenters. The zero-order chi connectivity index (χ0) is 15.2. The summed E-state index contributed by atoms with van der Waals surface area (Å²) < 4.78 is 5.32. The molecule has 0 aliphatic rings. The van der Waals surface area contributed by atoms with Crippen LogP contribution in [0.4, 0.5) is 10.5 Å². The van der Waals surface area contributed by atoms with Crippen molar-refractivity contribution in [3.05, 3.63) is 72.6 Å². The smallest absolute Gasteiger partial charge is 0.319 e. The molecular formula is C17H15N3O2. The normalized spacial score (nSPS) is 10.2. The molecule has 1 aromatic carbocycles. The number of anilines is 1. The minimum absolute atomic E-state index is 0.248. The van der Waals surface area contributed by atoms with Crippen LogP contribution in [0.25, 0.3) is 11.5 Å². The van der Waals surface area contributed by atoms with Gasteiger partial charge in [-0.2, -0.15) is 0 Å². The third-order valence-electron chi connectivity index (χ3n) is 3.08. The highest BCUT2D eigenvalue weighted by molar-refractivity contribution is 5.89. The summed E-state index contributed by atoms with van der Waals surface area (Å²) in [5, 5.41) is 5.58. The Morgan fingerprint density at radius 2 is 1.95 bits per heavy atom. The fourth-order valence-electron chi connectivity index (χ4n) is 2.02. The molecule has 0 saturated heterocycles. The van der Waals surface area contributed by atoms with E-state index in [2.05, 4.69) is 15.6 Å². The van der Waals surface area contributed by atoms with Gasteiger partial charge in [-0.1, -0.05) is 18.2 Å². The molecule has 3 aromatic rings. The van der Waals surface area contributed by atoms with E-state index in [-0.39, 0.29) is 6.03 Å². The van der Waals surface area contributed by atoms with Crippen molar-refractivity contribution in [3.8, 4) is 11.5 Å². The van der Waals surface area contributed by atoms with Crippen LogP contribution in [0, 0.1) is 0 Å². The summed E-state index contributed by atoms with van der Waals surface area (Å²) in [4.78, 5) is 16.1. The van der Waals surface area contributed by atoms with Crippen LogP contribution in [-0.4, -0.2) is 11.0 Å². The highest BCUT2D eigenvalue weighted by atomic mass is 16.3. The number of nitrogens with zero attached hydrogens (tertiary/aromatic N) is 1. The number of nitrogens with one attached hydrogen (secondary N) is 2. The van der Waals surface area contributed by atoms with E-state index < -0.39 is 0 Å². The first-order chi connectivity index (χ1) is 10.8.